The second-order valence-electron chi connectivity index (χ2n) is 8.38. The van der Waals surface area contributed by atoms with E-state index < -0.39 is 0 Å². The largest absolute Gasteiger partial charge is 0.339 e. The van der Waals surface area contributed by atoms with Crippen molar-refractivity contribution < 1.29 is 9.59 Å². The van der Waals surface area contributed by atoms with E-state index in [9.17, 15) is 9.59 Å². The number of hydrogen-bond acceptors (Lipinski definition) is 3. The summed E-state index contributed by atoms with van der Waals surface area (Å²) in [5, 5.41) is 4.51. The summed E-state index contributed by atoms with van der Waals surface area (Å²) in [5.41, 5.74) is 3.61. The van der Waals surface area contributed by atoms with E-state index in [-0.39, 0.29) is 17.7 Å². The van der Waals surface area contributed by atoms with Gasteiger partial charge in [0.05, 0.1) is 5.69 Å². The van der Waals surface area contributed by atoms with E-state index in [2.05, 4.69) is 17.2 Å². The number of benzene rings is 2. The van der Waals surface area contributed by atoms with Gasteiger partial charge in [-0.1, -0.05) is 60.7 Å². The molecule has 2 unspecified atom stereocenters. The van der Waals surface area contributed by atoms with Gasteiger partial charge in [0.15, 0.2) is 0 Å². The number of aryl methyl sites for hydroxylation is 1. The van der Waals surface area contributed by atoms with Gasteiger partial charge in [-0.3, -0.25) is 14.3 Å². The van der Waals surface area contributed by atoms with E-state index in [4.69, 9.17) is 0 Å². The van der Waals surface area contributed by atoms with Gasteiger partial charge in [-0.05, 0) is 24.0 Å². The van der Waals surface area contributed by atoms with Crippen LogP contribution in [-0.4, -0.2) is 57.6 Å². The van der Waals surface area contributed by atoms with E-state index in [1.54, 1.807) is 11.7 Å². The highest BCUT2D eigenvalue weighted by Crippen LogP contribution is 2.48. The lowest BCUT2D eigenvalue weighted by molar-refractivity contribution is -0.134. The zero-order chi connectivity index (χ0) is 21.4. The van der Waals surface area contributed by atoms with Gasteiger partial charge in [-0.15, -0.1) is 0 Å². The van der Waals surface area contributed by atoms with Crippen molar-refractivity contribution in [2.75, 3.05) is 26.2 Å². The maximum absolute atomic E-state index is 13.1. The molecule has 0 bridgehead atoms. The van der Waals surface area contributed by atoms with Crippen LogP contribution in [0.4, 0.5) is 0 Å². The maximum Gasteiger partial charge on any atom is 0.272 e. The minimum Gasteiger partial charge on any atom is -0.339 e. The number of carbonyl (C=O) groups is 2. The highest BCUT2D eigenvalue weighted by molar-refractivity contribution is 5.94. The van der Waals surface area contributed by atoms with Crippen molar-refractivity contribution in [1.29, 1.82) is 0 Å². The minimum atomic E-state index is -0.0298. The Kier molecular flexibility index (Phi) is 5.06. The topological polar surface area (TPSA) is 58.4 Å². The highest BCUT2D eigenvalue weighted by Gasteiger charge is 2.46. The van der Waals surface area contributed by atoms with Crippen LogP contribution in [0.5, 0.6) is 0 Å². The molecule has 0 spiro atoms. The molecule has 158 valence electrons. The monoisotopic (exact) mass is 414 g/mol. The molecule has 1 saturated heterocycles. The van der Waals surface area contributed by atoms with E-state index >= 15 is 0 Å². The van der Waals surface area contributed by atoms with E-state index in [0.29, 0.717) is 37.8 Å². The molecular formula is C25H26N4O2. The molecule has 2 amide bonds. The molecule has 2 atom stereocenters. The summed E-state index contributed by atoms with van der Waals surface area (Å²) in [6, 6.07) is 22.0. The fraction of sp³-hybridized carbons (Fsp3) is 0.320. The normalized spacial score (nSPS) is 20.5. The number of rotatable bonds is 4. The Morgan fingerprint density at radius 2 is 1.48 bits per heavy atom. The SMILES string of the molecule is Cn1nc(-c2ccccc2)cc1C(=O)N1CCN(C(=O)C2CC2c2ccccc2)CC1. The van der Waals surface area contributed by atoms with Gasteiger partial charge in [0, 0.05) is 44.7 Å². The molecule has 6 nitrogen and oxygen atoms in total. The molecule has 5 rings (SSSR count). The zero-order valence-corrected chi connectivity index (χ0v) is 17.6. The molecular weight excluding hydrogens is 388 g/mol. The molecule has 1 aliphatic heterocycles. The highest BCUT2D eigenvalue weighted by atomic mass is 16.2. The van der Waals surface area contributed by atoms with Crippen LogP contribution in [0.3, 0.4) is 0 Å². The predicted octanol–water partition coefficient (Wildman–Crippen LogP) is 3.18. The first kappa shape index (κ1) is 19.5. The lowest BCUT2D eigenvalue weighted by atomic mass is 10.1. The standard InChI is InChI=1S/C25H26N4O2/c1-27-23(17-22(26-27)19-10-6-3-7-11-19)25(31)29-14-12-28(13-15-29)24(30)21-16-20(21)18-8-4-2-5-9-18/h2-11,17,20-21H,12-16H2,1H3. The second-order valence-corrected chi connectivity index (χ2v) is 8.38. The van der Waals surface area contributed by atoms with Crippen molar-refractivity contribution in [2.45, 2.75) is 12.3 Å². The quantitative estimate of drug-likeness (QED) is 0.659. The average molecular weight is 415 g/mol. The van der Waals surface area contributed by atoms with Crippen LogP contribution in [0.25, 0.3) is 11.3 Å². The average Bonchev–Trinajstić information content (AvgIpc) is 3.54. The summed E-state index contributed by atoms with van der Waals surface area (Å²) < 4.78 is 1.65. The second kappa shape index (κ2) is 8.02. The Bertz CT molecular complexity index is 1090. The molecule has 6 heteroatoms. The van der Waals surface area contributed by atoms with Gasteiger partial charge in [0.1, 0.15) is 5.69 Å². The molecule has 2 fully saturated rings. The smallest absolute Gasteiger partial charge is 0.272 e. The number of aromatic nitrogens is 2. The van der Waals surface area contributed by atoms with Crippen molar-refractivity contribution in [3.8, 4) is 11.3 Å². The van der Waals surface area contributed by atoms with Crippen LogP contribution >= 0.6 is 0 Å². The first-order valence-corrected chi connectivity index (χ1v) is 10.8. The summed E-state index contributed by atoms with van der Waals surface area (Å²) in [4.78, 5) is 29.8. The predicted molar refractivity (Wildman–Crippen MR) is 118 cm³/mol. The Hall–Kier alpha value is -3.41. The van der Waals surface area contributed by atoms with Gasteiger partial charge >= 0.3 is 0 Å². The first-order valence-electron chi connectivity index (χ1n) is 10.8. The molecule has 1 aliphatic carbocycles. The number of nitrogens with zero attached hydrogens (tertiary/aromatic N) is 4. The van der Waals surface area contributed by atoms with Gasteiger partial charge in [-0.2, -0.15) is 5.10 Å². The van der Waals surface area contributed by atoms with Crippen molar-refractivity contribution in [3.63, 3.8) is 0 Å². The number of hydrogen-bond donors (Lipinski definition) is 0. The van der Waals surface area contributed by atoms with Crippen LogP contribution < -0.4 is 0 Å². The summed E-state index contributed by atoms with van der Waals surface area (Å²) in [6.45, 7) is 2.29. The number of piperazine rings is 1. The Labute approximate surface area is 182 Å². The minimum absolute atomic E-state index is 0.0298. The third-order valence-electron chi connectivity index (χ3n) is 6.38. The van der Waals surface area contributed by atoms with Crippen LogP contribution in [0.1, 0.15) is 28.4 Å². The van der Waals surface area contributed by atoms with Crippen LogP contribution in [0.2, 0.25) is 0 Å². The molecule has 2 aromatic carbocycles. The van der Waals surface area contributed by atoms with Gasteiger partial charge in [-0.25, -0.2) is 0 Å². The maximum atomic E-state index is 13.1. The van der Waals surface area contributed by atoms with Crippen LogP contribution in [0, 0.1) is 5.92 Å². The Morgan fingerprint density at radius 1 is 0.871 bits per heavy atom. The zero-order valence-electron chi connectivity index (χ0n) is 17.6. The molecule has 0 N–H and O–H groups in total. The number of amides is 2. The fourth-order valence-corrected chi connectivity index (χ4v) is 4.48. The van der Waals surface area contributed by atoms with Gasteiger partial charge in [0.25, 0.3) is 5.91 Å². The molecule has 1 aromatic heterocycles. The summed E-state index contributed by atoms with van der Waals surface area (Å²) in [6.07, 6.45) is 0.930. The fourth-order valence-electron chi connectivity index (χ4n) is 4.48. The lowest BCUT2D eigenvalue weighted by Gasteiger charge is -2.35. The van der Waals surface area contributed by atoms with E-state index in [1.807, 2.05) is 64.4 Å². The van der Waals surface area contributed by atoms with Crippen LogP contribution in [-0.2, 0) is 11.8 Å². The van der Waals surface area contributed by atoms with Crippen molar-refractivity contribution in [1.82, 2.24) is 19.6 Å². The molecule has 31 heavy (non-hydrogen) atoms. The van der Waals surface area contributed by atoms with E-state index in [1.165, 1.54) is 5.56 Å². The third-order valence-corrected chi connectivity index (χ3v) is 6.38. The first-order chi connectivity index (χ1) is 15.1. The van der Waals surface area contributed by atoms with Crippen LogP contribution in [0.15, 0.2) is 66.7 Å². The van der Waals surface area contributed by atoms with Gasteiger partial charge in [0.2, 0.25) is 5.91 Å². The molecule has 1 saturated carbocycles. The molecule has 0 radical (unpaired) electrons. The van der Waals surface area contributed by atoms with E-state index in [0.717, 1.165) is 17.7 Å². The van der Waals surface area contributed by atoms with Crippen molar-refractivity contribution >= 4 is 11.8 Å². The molecule has 3 aromatic rings. The van der Waals surface area contributed by atoms with Gasteiger partial charge < -0.3 is 9.80 Å². The van der Waals surface area contributed by atoms with Crippen molar-refractivity contribution in [2.24, 2.45) is 13.0 Å². The lowest BCUT2D eigenvalue weighted by Crippen LogP contribution is -2.51. The summed E-state index contributed by atoms with van der Waals surface area (Å²) >= 11 is 0. The Balaban J connectivity index is 1.20. The molecule has 2 aliphatic rings. The third kappa shape index (κ3) is 3.85. The van der Waals surface area contributed by atoms with Crippen molar-refractivity contribution in [3.05, 3.63) is 78.0 Å². The summed E-state index contributed by atoms with van der Waals surface area (Å²) in [5.74, 6) is 0.639. The Morgan fingerprint density at radius 3 is 2.16 bits per heavy atom. The summed E-state index contributed by atoms with van der Waals surface area (Å²) in [7, 11) is 1.80. The number of carbonyl (C=O) groups excluding carboxylic acids is 2. The molecule has 2 heterocycles.